The molecule has 0 radical (unpaired) electrons. The van der Waals surface area contributed by atoms with E-state index < -0.39 is 0 Å². The van der Waals surface area contributed by atoms with E-state index in [1.54, 1.807) is 11.3 Å². The predicted molar refractivity (Wildman–Crippen MR) is 116 cm³/mol. The molecular weight excluding hydrogens is 364 g/mol. The minimum Gasteiger partial charge on any atom is -0.427 e. The maximum atomic E-state index is 11.1. The number of ether oxygens (including phenoxy) is 1. The minimum atomic E-state index is -0.300. The number of benzene rings is 2. The summed E-state index contributed by atoms with van der Waals surface area (Å²) >= 11 is 1.76. The standard InChI is InChI=1S/C25H24O2S/c1-19-9-6-7-10-22(19)18-23-11-5-3-4-8-16-28-25(23)17-21-12-14-24(15-13-21)27-20(2)26/h3-16H,17-18H2,1-2H3. The quantitative estimate of drug-likeness (QED) is 0.379. The van der Waals surface area contributed by atoms with Gasteiger partial charge in [0.15, 0.2) is 0 Å². The van der Waals surface area contributed by atoms with Crippen molar-refractivity contribution in [1.82, 2.24) is 0 Å². The first-order valence-corrected chi connectivity index (χ1v) is 10.2. The van der Waals surface area contributed by atoms with Crippen LogP contribution < -0.4 is 4.74 Å². The molecule has 0 bridgehead atoms. The molecule has 142 valence electrons. The number of hydrogen-bond acceptors (Lipinski definition) is 3. The van der Waals surface area contributed by atoms with E-state index in [4.69, 9.17) is 4.74 Å². The zero-order valence-electron chi connectivity index (χ0n) is 16.2. The largest absolute Gasteiger partial charge is 0.427 e. The van der Waals surface area contributed by atoms with Crippen molar-refractivity contribution < 1.29 is 9.53 Å². The summed E-state index contributed by atoms with van der Waals surface area (Å²) in [7, 11) is 0. The Morgan fingerprint density at radius 2 is 1.50 bits per heavy atom. The second-order valence-electron chi connectivity index (χ2n) is 6.66. The minimum absolute atomic E-state index is 0.300. The highest BCUT2D eigenvalue weighted by atomic mass is 32.1. The molecular formula is C25H24O2S. The van der Waals surface area contributed by atoms with E-state index in [1.807, 2.05) is 30.3 Å². The summed E-state index contributed by atoms with van der Waals surface area (Å²) in [5, 5.41) is 2.13. The Morgan fingerprint density at radius 1 is 0.821 bits per heavy atom. The lowest BCUT2D eigenvalue weighted by molar-refractivity contribution is -0.131. The molecule has 1 heterocycles. The first kappa shape index (κ1) is 19.8. The van der Waals surface area contributed by atoms with Crippen LogP contribution in [-0.4, -0.2) is 5.97 Å². The van der Waals surface area contributed by atoms with Crippen molar-refractivity contribution in [1.29, 1.82) is 0 Å². The zero-order valence-corrected chi connectivity index (χ0v) is 17.0. The van der Waals surface area contributed by atoms with Crippen molar-refractivity contribution in [2.24, 2.45) is 0 Å². The summed E-state index contributed by atoms with van der Waals surface area (Å²) in [5.74, 6) is 0.280. The van der Waals surface area contributed by atoms with E-state index in [1.165, 1.54) is 34.1 Å². The Bertz CT molecular complexity index is 985. The molecule has 1 aromatic heterocycles. The van der Waals surface area contributed by atoms with Crippen molar-refractivity contribution >= 4 is 17.3 Å². The SMILES string of the molecule is CC(=O)Oc1ccc(Cc2sccccccc2Cc2ccccc2C)cc1. The molecule has 2 aromatic carbocycles. The number of rotatable bonds is 5. The van der Waals surface area contributed by atoms with E-state index in [2.05, 4.69) is 60.8 Å². The van der Waals surface area contributed by atoms with Crippen molar-refractivity contribution in [2.45, 2.75) is 26.7 Å². The molecule has 3 heteroatoms. The maximum absolute atomic E-state index is 11.1. The van der Waals surface area contributed by atoms with Crippen molar-refractivity contribution in [3.05, 3.63) is 111 Å². The summed E-state index contributed by atoms with van der Waals surface area (Å²) in [4.78, 5) is 12.4. The molecule has 0 aliphatic carbocycles. The second kappa shape index (κ2) is 9.86. The summed E-state index contributed by atoms with van der Waals surface area (Å²) in [6, 6.07) is 26.8. The monoisotopic (exact) mass is 388 g/mol. The van der Waals surface area contributed by atoms with Crippen LogP contribution in [0.4, 0.5) is 0 Å². The molecule has 0 spiro atoms. The van der Waals surface area contributed by atoms with Crippen molar-refractivity contribution in [3.63, 3.8) is 0 Å². The van der Waals surface area contributed by atoms with Crippen LogP contribution in [0.15, 0.2) is 84.2 Å². The highest BCUT2D eigenvalue weighted by Crippen LogP contribution is 2.22. The van der Waals surface area contributed by atoms with Crippen LogP contribution >= 0.6 is 11.3 Å². The third-order valence-electron chi connectivity index (χ3n) is 4.47. The lowest BCUT2D eigenvalue weighted by Crippen LogP contribution is -2.01. The predicted octanol–water partition coefficient (Wildman–Crippen LogP) is 6.29. The van der Waals surface area contributed by atoms with Crippen LogP contribution in [0, 0.1) is 6.92 Å². The fourth-order valence-electron chi connectivity index (χ4n) is 2.99. The van der Waals surface area contributed by atoms with Crippen molar-refractivity contribution in [3.8, 4) is 5.75 Å². The van der Waals surface area contributed by atoms with Crippen LogP contribution in [-0.2, 0) is 17.6 Å². The number of aryl methyl sites for hydroxylation is 1. The van der Waals surface area contributed by atoms with Crippen LogP contribution in [0.1, 0.15) is 34.1 Å². The van der Waals surface area contributed by atoms with Crippen LogP contribution in [0.25, 0.3) is 0 Å². The molecule has 3 rings (SSSR count). The molecule has 0 unspecified atom stereocenters. The van der Waals surface area contributed by atoms with Gasteiger partial charge in [0.25, 0.3) is 0 Å². The van der Waals surface area contributed by atoms with Gasteiger partial charge < -0.3 is 4.74 Å². The molecule has 0 atom stereocenters. The van der Waals surface area contributed by atoms with Crippen LogP contribution in [0.5, 0.6) is 5.75 Å². The summed E-state index contributed by atoms with van der Waals surface area (Å²) in [6.07, 6.45) is 1.74. The Labute approximate surface area is 170 Å². The van der Waals surface area contributed by atoms with E-state index in [0.717, 1.165) is 12.8 Å². The van der Waals surface area contributed by atoms with Gasteiger partial charge in [0.2, 0.25) is 0 Å². The van der Waals surface area contributed by atoms with Crippen molar-refractivity contribution in [2.75, 3.05) is 0 Å². The number of carbonyl (C=O) groups is 1. The Hall–Kier alpha value is -2.91. The first-order chi connectivity index (χ1) is 13.6. The van der Waals surface area contributed by atoms with E-state index in [0.29, 0.717) is 5.75 Å². The fraction of sp³-hybridized carbons (Fsp3) is 0.160. The molecule has 0 aliphatic rings. The van der Waals surface area contributed by atoms with Gasteiger partial charge in [0.1, 0.15) is 5.75 Å². The van der Waals surface area contributed by atoms with Gasteiger partial charge in [-0.3, -0.25) is 4.79 Å². The topological polar surface area (TPSA) is 26.3 Å². The first-order valence-electron chi connectivity index (χ1n) is 9.32. The normalized spacial score (nSPS) is 10.2. The van der Waals surface area contributed by atoms with E-state index in [9.17, 15) is 4.79 Å². The average molecular weight is 389 g/mol. The molecule has 0 saturated carbocycles. The van der Waals surface area contributed by atoms with Crippen LogP contribution in [0.2, 0.25) is 0 Å². The Kier molecular flexibility index (Phi) is 6.99. The Balaban J connectivity index is 1.94. The third kappa shape index (κ3) is 5.80. The number of hydrogen-bond donors (Lipinski definition) is 0. The van der Waals surface area contributed by atoms with Gasteiger partial charge in [-0.2, -0.15) is 0 Å². The maximum Gasteiger partial charge on any atom is 0.308 e. The molecule has 0 N–H and O–H groups in total. The summed E-state index contributed by atoms with van der Waals surface area (Å²) in [6.45, 7) is 3.58. The summed E-state index contributed by atoms with van der Waals surface area (Å²) < 4.78 is 5.14. The van der Waals surface area contributed by atoms with Gasteiger partial charge in [-0.1, -0.05) is 66.7 Å². The van der Waals surface area contributed by atoms with Gasteiger partial charge in [0, 0.05) is 18.2 Å². The number of esters is 1. The highest BCUT2D eigenvalue weighted by molar-refractivity contribution is 7.09. The smallest absolute Gasteiger partial charge is 0.308 e. The third-order valence-corrected chi connectivity index (χ3v) is 5.45. The molecule has 0 saturated heterocycles. The van der Waals surface area contributed by atoms with E-state index >= 15 is 0 Å². The molecule has 0 fully saturated rings. The van der Waals surface area contributed by atoms with Gasteiger partial charge in [0.05, 0.1) is 0 Å². The lowest BCUT2D eigenvalue weighted by Gasteiger charge is -2.10. The lowest BCUT2D eigenvalue weighted by atomic mass is 9.99. The van der Waals surface area contributed by atoms with Gasteiger partial charge in [-0.05, 0) is 53.1 Å². The van der Waals surface area contributed by atoms with Gasteiger partial charge in [-0.25, -0.2) is 0 Å². The second-order valence-corrected chi connectivity index (χ2v) is 7.66. The molecule has 0 amide bonds. The molecule has 3 aromatic rings. The Morgan fingerprint density at radius 3 is 2.25 bits per heavy atom. The van der Waals surface area contributed by atoms with Gasteiger partial charge >= 0.3 is 5.97 Å². The van der Waals surface area contributed by atoms with Crippen LogP contribution in [0.3, 0.4) is 0 Å². The molecule has 2 nitrogen and oxygen atoms in total. The summed E-state index contributed by atoms with van der Waals surface area (Å²) in [5.41, 5.74) is 5.16. The molecule has 0 aliphatic heterocycles. The molecule has 28 heavy (non-hydrogen) atoms. The zero-order chi connectivity index (χ0) is 19.8. The van der Waals surface area contributed by atoms with E-state index in [-0.39, 0.29) is 5.97 Å². The number of carbonyl (C=O) groups excluding carboxylic acids is 1. The van der Waals surface area contributed by atoms with Gasteiger partial charge in [-0.15, -0.1) is 11.3 Å². The highest BCUT2D eigenvalue weighted by Gasteiger charge is 2.06. The average Bonchev–Trinajstić information content (AvgIpc) is 2.78. The fourth-order valence-corrected chi connectivity index (χ4v) is 3.86.